The van der Waals surface area contributed by atoms with Crippen LogP contribution in [0.5, 0.6) is 0 Å². The van der Waals surface area contributed by atoms with Crippen molar-refractivity contribution in [3.05, 3.63) is 0 Å². The van der Waals surface area contributed by atoms with E-state index in [9.17, 15) is 4.79 Å². The van der Waals surface area contributed by atoms with Gasteiger partial charge in [-0.3, -0.25) is 9.69 Å². The lowest BCUT2D eigenvalue weighted by atomic mass is 10.4. The van der Waals surface area contributed by atoms with Gasteiger partial charge in [-0.2, -0.15) is 0 Å². The van der Waals surface area contributed by atoms with Crippen LogP contribution in [-0.4, -0.2) is 45.3 Å². The molecule has 1 heterocycles. The lowest BCUT2D eigenvalue weighted by Gasteiger charge is -1.98. The number of carbonyl (C=O) groups excluding carboxylic acids is 1. The Kier molecular flexibility index (Phi) is 2.29. The molecule has 10 heavy (non-hydrogen) atoms. The van der Waals surface area contributed by atoms with Gasteiger partial charge in [0.05, 0.1) is 0 Å². The highest BCUT2D eigenvalue weighted by Crippen LogP contribution is 2.13. The molecule has 1 aliphatic rings. The summed E-state index contributed by atoms with van der Waals surface area (Å²) in [6, 6.07) is -0.0496. The molecular formula is C5H9BNO3. The lowest BCUT2D eigenvalue weighted by molar-refractivity contribution is -0.135. The van der Waals surface area contributed by atoms with E-state index in [-0.39, 0.29) is 12.0 Å². The van der Waals surface area contributed by atoms with Crippen molar-refractivity contribution >= 4 is 13.7 Å². The Morgan fingerprint density at radius 3 is 2.80 bits per heavy atom. The molecule has 4 nitrogen and oxygen atoms in total. The SMILES string of the molecule is CO[B]OC(=O)C1CN1C. The van der Waals surface area contributed by atoms with E-state index in [2.05, 4.69) is 9.31 Å². The molecule has 1 aliphatic heterocycles. The Morgan fingerprint density at radius 1 is 1.80 bits per heavy atom. The van der Waals surface area contributed by atoms with E-state index in [4.69, 9.17) is 0 Å². The highest BCUT2D eigenvalue weighted by molar-refractivity contribution is 6.22. The molecule has 0 bridgehead atoms. The van der Waals surface area contributed by atoms with Gasteiger partial charge in [0.25, 0.3) is 0 Å². The predicted octanol–water partition coefficient (Wildman–Crippen LogP) is -0.976. The molecule has 0 aliphatic carbocycles. The number of nitrogens with zero attached hydrogens (tertiary/aromatic N) is 1. The number of likely N-dealkylation sites (N-methyl/N-ethyl adjacent to an activating group) is 1. The van der Waals surface area contributed by atoms with E-state index in [1.807, 2.05) is 11.9 Å². The molecule has 0 saturated carbocycles. The van der Waals surface area contributed by atoms with Crippen molar-refractivity contribution in [3.63, 3.8) is 0 Å². The third-order valence-corrected chi connectivity index (χ3v) is 1.39. The Bertz CT molecular complexity index is 141. The van der Waals surface area contributed by atoms with E-state index in [0.717, 1.165) is 14.2 Å². The maximum atomic E-state index is 10.8. The zero-order chi connectivity index (χ0) is 7.56. The van der Waals surface area contributed by atoms with Crippen molar-refractivity contribution in [1.82, 2.24) is 4.90 Å². The average Bonchev–Trinajstić information content (AvgIpc) is 2.62. The largest absolute Gasteiger partial charge is 0.574 e. The smallest absolute Gasteiger partial charge is 0.510 e. The summed E-state index contributed by atoms with van der Waals surface area (Å²) in [5.74, 6) is -0.246. The number of carbonyl (C=O) groups is 1. The lowest BCUT2D eigenvalue weighted by Crippen LogP contribution is -2.17. The highest BCUT2D eigenvalue weighted by Gasteiger charge is 2.38. The van der Waals surface area contributed by atoms with Crippen molar-refractivity contribution in [2.45, 2.75) is 6.04 Å². The fraction of sp³-hybridized carbons (Fsp3) is 0.800. The molecular weight excluding hydrogens is 133 g/mol. The Morgan fingerprint density at radius 2 is 2.40 bits per heavy atom. The van der Waals surface area contributed by atoms with Gasteiger partial charge in [0.1, 0.15) is 6.04 Å². The van der Waals surface area contributed by atoms with Crippen molar-refractivity contribution in [3.8, 4) is 0 Å². The molecule has 0 aromatic rings. The predicted molar refractivity (Wildman–Crippen MR) is 35.3 cm³/mol. The Balaban J connectivity index is 2.11. The topological polar surface area (TPSA) is 38.5 Å². The molecule has 2 atom stereocenters. The first kappa shape index (κ1) is 7.56. The molecule has 0 amide bonds. The molecule has 0 aromatic heterocycles. The van der Waals surface area contributed by atoms with Crippen LogP contribution in [0.4, 0.5) is 0 Å². The van der Waals surface area contributed by atoms with Crippen molar-refractivity contribution < 1.29 is 14.1 Å². The summed E-state index contributed by atoms with van der Waals surface area (Å²) in [6.07, 6.45) is 0. The van der Waals surface area contributed by atoms with Crippen LogP contribution >= 0.6 is 0 Å². The summed E-state index contributed by atoms with van der Waals surface area (Å²) in [4.78, 5) is 12.7. The monoisotopic (exact) mass is 142 g/mol. The summed E-state index contributed by atoms with van der Waals surface area (Å²) in [5, 5.41) is 0. The standard InChI is InChI=1S/C5H9BNO3/c1-7-3-4(7)5(8)10-6-9-2/h4H,3H2,1-2H3. The maximum absolute atomic E-state index is 10.8. The van der Waals surface area contributed by atoms with Gasteiger partial charge in [0.2, 0.25) is 0 Å². The zero-order valence-electron chi connectivity index (χ0n) is 6.03. The van der Waals surface area contributed by atoms with E-state index in [1.54, 1.807) is 0 Å². The van der Waals surface area contributed by atoms with Gasteiger partial charge in [0.15, 0.2) is 0 Å². The number of hydrogen-bond acceptors (Lipinski definition) is 4. The maximum Gasteiger partial charge on any atom is 0.574 e. The highest BCUT2D eigenvalue weighted by atomic mass is 16.6. The minimum absolute atomic E-state index is 0.0496. The van der Waals surface area contributed by atoms with Gasteiger partial charge in [0, 0.05) is 13.7 Å². The van der Waals surface area contributed by atoms with Crippen molar-refractivity contribution in [2.24, 2.45) is 0 Å². The van der Waals surface area contributed by atoms with E-state index in [1.165, 1.54) is 7.11 Å². The second kappa shape index (κ2) is 3.03. The third kappa shape index (κ3) is 1.72. The van der Waals surface area contributed by atoms with Crippen LogP contribution in [0.1, 0.15) is 0 Å². The van der Waals surface area contributed by atoms with Crippen LogP contribution < -0.4 is 0 Å². The number of hydrogen-bond donors (Lipinski definition) is 0. The summed E-state index contributed by atoms with van der Waals surface area (Å²) in [5.41, 5.74) is 0. The van der Waals surface area contributed by atoms with Gasteiger partial charge in [-0.05, 0) is 7.05 Å². The van der Waals surface area contributed by atoms with Gasteiger partial charge >= 0.3 is 13.7 Å². The molecule has 0 spiro atoms. The molecule has 1 rings (SSSR count). The van der Waals surface area contributed by atoms with Crippen LogP contribution in [0.2, 0.25) is 0 Å². The first-order valence-electron chi connectivity index (χ1n) is 3.01. The summed E-state index contributed by atoms with van der Waals surface area (Å²) in [7, 11) is 4.33. The van der Waals surface area contributed by atoms with Gasteiger partial charge in [-0.15, -0.1) is 0 Å². The summed E-state index contributed by atoms with van der Waals surface area (Å²) >= 11 is 0. The second-order valence-corrected chi connectivity index (χ2v) is 2.22. The van der Waals surface area contributed by atoms with Crippen LogP contribution in [0.3, 0.4) is 0 Å². The molecule has 0 N–H and O–H groups in total. The van der Waals surface area contributed by atoms with Crippen LogP contribution in [0.15, 0.2) is 0 Å². The second-order valence-electron chi connectivity index (χ2n) is 2.22. The molecule has 0 aromatic carbocycles. The third-order valence-electron chi connectivity index (χ3n) is 1.39. The number of rotatable bonds is 3. The normalized spacial score (nSPS) is 29.4. The molecule has 5 heteroatoms. The fourth-order valence-electron chi connectivity index (χ4n) is 0.654. The zero-order valence-corrected chi connectivity index (χ0v) is 6.03. The van der Waals surface area contributed by atoms with E-state index >= 15 is 0 Å². The average molecular weight is 142 g/mol. The summed E-state index contributed by atoms with van der Waals surface area (Å²) in [6.45, 7) is 0.788. The van der Waals surface area contributed by atoms with E-state index in [0.29, 0.717) is 0 Å². The summed E-state index contributed by atoms with van der Waals surface area (Å²) < 4.78 is 9.00. The van der Waals surface area contributed by atoms with Crippen LogP contribution in [0.25, 0.3) is 0 Å². The van der Waals surface area contributed by atoms with Gasteiger partial charge < -0.3 is 9.31 Å². The van der Waals surface area contributed by atoms with Gasteiger partial charge in [-0.25, -0.2) is 0 Å². The molecule has 2 unspecified atom stereocenters. The van der Waals surface area contributed by atoms with Gasteiger partial charge in [-0.1, -0.05) is 0 Å². The van der Waals surface area contributed by atoms with Crippen LogP contribution in [-0.2, 0) is 14.1 Å². The molecule has 1 saturated heterocycles. The molecule has 1 fully saturated rings. The quantitative estimate of drug-likeness (QED) is 0.375. The van der Waals surface area contributed by atoms with Crippen LogP contribution in [0, 0.1) is 0 Å². The minimum Gasteiger partial charge on any atom is -0.510 e. The Labute approximate surface area is 60.4 Å². The first-order chi connectivity index (χ1) is 4.75. The fourth-order valence-corrected chi connectivity index (χ4v) is 0.654. The van der Waals surface area contributed by atoms with E-state index < -0.39 is 0 Å². The Hall–Kier alpha value is -0.545. The molecule has 55 valence electrons. The molecule has 1 radical (unpaired) electrons. The van der Waals surface area contributed by atoms with Crippen molar-refractivity contribution in [2.75, 3.05) is 20.7 Å². The minimum atomic E-state index is -0.246. The van der Waals surface area contributed by atoms with Crippen molar-refractivity contribution in [1.29, 1.82) is 0 Å². The first-order valence-corrected chi connectivity index (χ1v) is 3.01.